The van der Waals surface area contributed by atoms with Crippen molar-refractivity contribution in [3.63, 3.8) is 0 Å². The van der Waals surface area contributed by atoms with Crippen molar-refractivity contribution >= 4 is 5.91 Å². The lowest BCUT2D eigenvalue weighted by Crippen LogP contribution is -2.40. The van der Waals surface area contributed by atoms with Crippen LogP contribution in [0.1, 0.15) is 71.6 Å². The number of hydrogen-bond donors (Lipinski definition) is 0. The summed E-state index contributed by atoms with van der Waals surface area (Å²) in [6.07, 6.45) is 11.2. The van der Waals surface area contributed by atoms with E-state index in [4.69, 9.17) is 0 Å². The van der Waals surface area contributed by atoms with E-state index in [1.165, 1.54) is 51.4 Å². The Morgan fingerprint density at radius 2 is 1.72 bits per heavy atom. The fourth-order valence-corrected chi connectivity index (χ4v) is 3.63. The molecule has 0 unspecified atom stereocenters. The fraction of sp³-hybridized carbons (Fsp3) is 0.938. The van der Waals surface area contributed by atoms with Crippen LogP contribution in [0.3, 0.4) is 0 Å². The molecule has 1 amide bonds. The van der Waals surface area contributed by atoms with Crippen molar-refractivity contribution in [3.8, 4) is 0 Å². The molecule has 0 aromatic heterocycles. The zero-order chi connectivity index (χ0) is 13.0. The maximum atomic E-state index is 12.5. The van der Waals surface area contributed by atoms with E-state index in [-0.39, 0.29) is 0 Å². The van der Waals surface area contributed by atoms with Crippen LogP contribution in [0.4, 0.5) is 0 Å². The molecule has 1 aliphatic carbocycles. The van der Waals surface area contributed by atoms with E-state index in [0.29, 0.717) is 23.8 Å². The summed E-state index contributed by atoms with van der Waals surface area (Å²) >= 11 is 0. The molecule has 1 heterocycles. The molecule has 1 saturated heterocycles. The van der Waals surface area contributed by atoms with Crippen LogP contribution >= 0.6 is 0 Å². The molecule has 0 bridgehead atoms. The highest BCUT2D eigenvalue weighted by Gasteiger charge is 2.27. The van der Waals surface area contributed by atoms with Crippen LogP contribution in [-0.2, 0) is 4.79 Å². The molecule has 0 radical (unpaired) electrons. The molecule has 0 spiro atoms. The van der Waals surface area contributed by atoms with Gasteiger partial charge >= 0.3 is 0 Å². The van der Waals surface area contributed by atoms with E-state index in [0.717, 1.165) is 13.0 Å². The summed E-state index contributed by atoms with van der Waals surface area (Å²) in [6, 6.07) is 0.464. The van der Waals surface area contributed by atoms with Gasteiger partial charge in [0.1, 0.15) is 0 Å². The van der Waals surface area contributed by atoms with Gasteiger partial charge in [-0.25, -0.2) is 0 Å². The number of carbonyl (C=O) groups is 1. The Labute approximate surface area is 112 Å². The monoisotopic (exact) mass is 251 g/mol. The van der Waals surface area contributed by atoms with Gasteiger partial charge in [-0.15, -0.1) is 0 Å². The third-order valence-corrected chi connectivity index (χ3v) is 4.87. The largest absolute Gasteiger partial charge is 0.340 e. The zero-order valence-electron chi connectivity index (χ0n) is 12.2. The number of likely N-dealkylation sites (tertiary alicyclic amines) is 1. The second-order valence-corrected chi connectivity index (χ2v) is 6.64. The van der Waals surface area contributed by atoms with E-state index in [1.54, 1.807) is 0 Å². The molecule has 2 heteroatoms. The SMILES string of the molecule is C[C@@H]1CCC[C@H](C)N(C(=O)CC2CCCCC2)C1. The maximum absolute atomic E-state index is 12.5. The number of nitrogens with zero attached hydrogens (tertiary/aromatic N) is 1. The molecule has 2 aliphatic rings. The van der Waals surface area contributed by atoms with Gasteiger partial charge in [-0.2, -0.15) is 0 Å². The van der Waals surface area contributed by atoms with Crippen LogP contribution < -0.4 is 0 Å². The van der Waals surface area contributed by atoms with Crippen molar-refractivity contribution in [1.29, 1.82) is 0 Å². The average molecular weight is 251 g/mol. The second-order valence-electron chi connectivity index (χ2n) is 6.64. The van der Waals surface area contributed by atoms with Crippen molar-refractivity contribution in [2.75, 3.05) is 6.54 Å². The summed E-state index contributed by atoms with van der Waals surface area (Å²) in [5.74, 6) is 1.80. The summed E-state index contributed by atoms with van der Waals surface area (Å²) in [7, 11) is 0. The Kier molecular flexibility index (Phi) is 5.08. The Hall–Kier alpha value is -0.530. The van der Waals surface area contributed by atoms with Gasteiger partial charge in [0.25, 0.3) is 0 Å². The van der Waals surface area contributed by atoms with Gasteiger partial charge in [0, 0.05) is 19.0 Å². The molecular formula is C16H29NO. The molecule has 2 atom stereocenters. The molecule has 1 aliphatic heterocycles. The molecule has 2 fully saturated rings. The van der Waals surface area contributed by atoms with Crippen LogP contribution in [-0.4, -0.2) is 23.4 Å². The lowest BCUT2D eigenvalue weighted by molar-refractivity contribution is -0.134. The minimum atomic E-state index is 0.433. The Bertz CT molecular complexity index is 270. The van der Waals surface area contributed by atoms with Gasteiger partial charge in [-0.05, 0) is 44.4 Å². The standard InChI is InChI=1S/C16H29NO/c1-13-7-6-8-14(2)17(12-13)16(18)11-15-9-4-3-5-10-15/h13-15H,3-12H2,1-2H3/t13-,14+/m1/s1. The van der Waals surface area contributed by atoms with Crippen LogP contribution in [0.5, 0.6) is 0 Å². The van der Waals surface area contributed by atoms with Gasteiger partial charge in [0.05, 0.1) is 0 Å². The number of hydrogen-bond acceptors (Lipinski definition) is 1. The Morgan fingerprint density at radius 3 is 2.44 bits per heavy atom. The van der Waals surface area contributed by atoms with Crippen LogP contribution in [0.25, 0.3) is 0 Å². The van der Waals surface area contributed by atoms with Gasteiger partial charge in [0.2, 0.25) is 5.91 Å². The quantitative estimate of drug-likeness (QED) is 0.726. The van der Waals surface area contributed by atoms with E-state index in [9.17, 15) is 4.79 Å². The topological polar surface area (TPSA) is 20.3 Å². The second kappa shape index (κ2) is 6.58. The third kappa shape index (κ3) is 3.73. The molecule has 18 heavy (non-hydrogen) atoms. The predicted octanol–water partition coefficient (Wildman–Crippen LogP) is 3.99. The molecule has 0 aromatic carbocycles. The molecule has 104 valence electrons. The van der Waals surface area contributed by atoms with Gasteiger partial charge in [-0.3, -0.25) is 4.79 Å². The highest BCUT2D eigenvalue weighted by Crippen LogP contribution is 2.28. The number of rotatable bonds is 2. The van der Waals surface area contributed by atoms with Crippen molar-refractivity contribution in [2.45, 2.75) is 77.7 Å². The first-order chi connectivity index (χ1) is 8.66. The zero-order valence-corrected chi connectivity index (χ0v) is 12.2. The van der Waals surface area contributed by atoms with Crippen molar-refractivity contribution in [3.05, 3.63) is 0 Å². The summed E-state index contributed by atoms with van der Waals surface area (Å²) in [6.45, 7) is 5.52. The molecule has 0 N–H and O–H groups in total. The Morgan fingerprint density at radius 1 is 1.00 bits per heavy atom. The predicted molar refractivity (Wildman–Crippen MR) is 75.4 cm³/mol. The minimum absolute atomic E-state index is 0.433. The number of amides is 1. The molecular weight excluding hydrogens is 222 g/mol. The smallest absolute Gasteiger partial charge is 0.223 e. The molecule has 2 nitrogen and oxygen atoms in total. The van der Waals surface area contributed by atoms with Crippen molar-refractivity contribution in [1.82, 2.24) is 4.90 Å². The number of carbonyl (C=O) groups excluding carboxylic acids is 1. The summed E-state index contributed by atoms with van der Waals surface area (Å²) in [5.41, 5.74) is 0. The van der Waals surface area contributed by atoms with Gasteiger partial charge in [0.15, 0.2) is 0 Å². The summed E-state index contributed by atoms with van der Waals surface area (Å²) in [4.78, 5) is 14.7. The average Bonchev–Trinajstić information content (AvgIpc) is 2.52. The molecule has 0 aromatic rings. The third-order valence-electron chi connectivity index (χ3n) is 4.87. The first-order valence-corrected chi connectivity index (χ1v) is 7.96. The molecule has 2 rings (SSSR count). The van der Waals surface area contributed by atoms with E-state index >= 15 is 0 Å². The van der Waals surface area contributed by atoms with Gasteiger partial charge < -0.3 is 4.90 Å². The van der Waals surface area contributed by atoms with Crippen LogP contribution in [0.15, 0.2) is 0 Å². The summed E-state index contributed by atoms with van der Waals surface area (Å²) < 4.78 is 0. The van der Waals surface area contributed by atoms with Crippen molar-refractivity contribution < 1.29 is 4.79 Å². The lowest BCUT2D eigenvalue weighted by Gasteiger charge is -2.31. The fourth-order valence-electron chi connectivity index (χ4n) is 3.63. The van der Waals surface area contributed by atoms with Gasteiger partial charge in [-0.1, -0.05) is 32.6 Å². The van der Waals surface area contributed by atoms with E-state index in [1.807, 2.05) is 0 Å². The Balaban J connectivity index is 1.88. The minimum Gasteiger partial charge on any atom is -0.340 e. The highest BCUT2D eigenvalue weighted by atomic mass is 16.2. The van der Waals surface area contributed by atoms with Crippen LogP contribution in [0.2, 0.25) is 0 Å². The van der Waals surface area contributed by atoms with E-state index < -0.39 is 0 Å². The first-order valence-electron chi connectivity index (χ1n) is 7.96. The molecule has 1 saturated carbocycles. The first kappa shape index (κ1) is 13.9. The maximum Gasteiger partial charge on any atom is 0.223 e. The summed E-state index contributed by atoms with van der Waals surface area (Å²) in [5, 5.41) is 0. The highest BCUT2D eigenvalue weighted by molar-refractivity contribution is 5.76. The van der Waals surface area contributed by atoms with Crippen molar-refractivity contribution in [2.24, 2.45) is 11.8 Å². The van der Waals surface area contributed by atoms with Crippen LogP contribution in [0, 0.1) is 11.8 Å². The lowest BCUT2D eigenvalue weighted by atomic mass is 9.86. The normalized spacial score (nSPS) is 31.1. The van der Waals surface area contributed by atoms with E-state index in [2.05, 4.69) is 18.7 Å².